The minimum Gasteiger partial charge on any atom is -0.493 e. The van der Waals surface area contributed by atoms with E-state index in [-0.39, 0.29) is 5.91 Å². The van der Waals surface area contributed by atoms with Gasteiger partial charge in [0.2, 0.25) is 5.91 Å². The van der Waals surface area contributed by atoms with E-state index in [4.69, 9.17) is 21.1 Å². The molecule has 2 heterocycles. The minimum atomic E-state index is -0.237. The number of fused-ring (bicyclic) bond motifs is 1. The van der Waals surface area contributed by atoms with Gasteiger partial charge >= 0.3 is 0 Å². The van der Waals surface area contributed by atoms with Gasteiger partial charge in [-0.15, -0.1) is 0 Å². The molecule has 0 spiro atoms. The van der Waals surface area contributed by atoms with Gasteiger partial charge in [0.1, 0.15) is 5.65 Å². The number of rotatable bonds is 6. The standard InChI is InChI=1S/C19H17BrClN3O3/c1-26-16-8-12(7-15(21)19(16)27-2)3-6-18(25)22-9-14-11-24-10-13(20)4-5-17(24)23-14/h3-8,10-11H,9H2,1-2H3,(H,22,25). The van der Waals surface area contributed by atoms with Crippen molar-refractivity contribution in [3.05, 3.63) is 63.5 Å². The average Bonchev–Trinajstić information content (AvgIpc) is 3.06. The fourth-order valence-corrected chi connectivity index (χ4v) is 3.19. The number of aromatic nitrogens is 2. The van der Waals surface area contributed by atoms with Crippen LogP contribution in [0, 0.1) is 0 Å². The van der Waals surface area contributed by atoms with Crippen LogP contribution in [-0.2, 0) is 11.3 Å². The number of pyridine rings is 1. The smallest absolute Gasteiger partial charge is 0.244 e. The molecule has 1 aromatic carbocycles. The molecule has 0 unspecified atom stereocenters. The number of methoxy groups -OCH3 is 2. The van der Waals surface area contributed by atoms with Gasteiger partial charge in [-0.05, 0) is 51.8 Å². The van der Waals surface area contributed by atoms with Crippen molar-refractivity contribution >= 4 is 45.2 Å². The van der Waals surface area contributed by atoms with Crippen LogP contribution in [0.15, 0.2) is 47.2 Å². The molecule has 27 heavy (non-hydrogen) atoms. The molecule has 0 aliphatic heterocycles. The molecule has 3 aromatic rings. The van der Waals surface area contributed by atoms with Gasteiger partial charge in [0.05, 0.1) is 31.5 Å². The lowest BCUT2D eigenvalue weighted by atomic mass is 10.2. The van der Waals surface area contributed by atoms with E-state index in [1.54, 1.807) is 18.2 Å². The highest BCUT2D eigenvalue weighted by atomic mass is 79.9. The number of imidazole rings is 1. The zero-order valence-corrected chi connectivity index (χ0v) is 17.0. The highest BCUT2D eigenvalue weighted by molar-refractivity contribution is 9.10. The van der Waals surface area contributed by atoms with Gasteiger partial charge in [0, 0.05) is 22.9 Å². The van der Waals surface area contributed by atoms with Gasteiger partial charge in [-0.3, -0.25) is 4.79 Å². The number of carbonyl (C=O) groups excluding carboxylic acids is 1. The highest BCUT2D eigenvalue weighted by Crippen LogP contribution is 2.36. The van der Waals surface area contributed by atoms with E-state index in [1.165, 1.54) is 20.3 Å². The van der Waals surface area contributed by atoms with E-state index in [2.05, 4.69) is 26.2 Å². The molecule has 140 valence electrons. The molecule has 0 fully saturated rings. The number of benzene rings is 1. The fraction of sp³-hybridized carbons (Fsp3) is 0.158. The second-order valence-electron chi connectivity index (χ2n) is 5.63. The number of ether oxygens (including phenoxy) is 2. The van der Waals surface area contributed by atoms with E-state index < -0.39 is 0 Å². The lowest BCUT2D eigenvalue weighted by Gasteiger charge is -2.10. The third kappa shape index (κ3) is 4.61. The van der Waals surface area contributed by atoms with E-state index in [9.17, 15) is 4.79 Å². The predicted octanol–water partition coefficient (Wildman–Crippen LogP) is 4.10. The van der Waals surface area contributed by atoms with Gasteiger partial charge < -0.3 is 19.2 Å². The van der Waals surface area contributed by atoms with Crippen molar-refractivity contribution in [2.45, 2.75) is 6.54 Å². The van der Waals surface area contributed by atoms with Crippen LogP contribution in [0.5, 0.6) is 11.5 Å². The Balaban J connectivity index is 1.65. The van der Waals surface area contributed by atoms with E-state index in [0.717, 1.165) is 21.4 Å². The van der Waals surface area contributed by atoms with E-state index >= 15 is 0 Å². The average molecular weight is 451 g/mol. The van der Waals surface area contributed by atoms with Crippen LogP contribution in [0.3, 0.4) is 0 Å². The van der Waals surface area contributed by atoms with Gasteiger partial charge in [0.25, 0.3) is 0 Å². The van der Waals surface area contributed by atoms with Crippen molar-refractivity contribution in [2.75, 3.05) is 14.2 Å². The Morgan fingerprint density at radius 2 is 2.11 bits per heavy atom. The molecule has 0 saturated heterocycles. The molecule has 0 radical (unpaired) electrons. The minimum absolute atomic E-state index is 0.237. The van der Waals surface area contributed by atoms with Crippen LogP contribution >= 0.6 is 27.5 Å². The van der Waals surface area contributed by atoms with Crippen molar-refractivity contribution in [3.63, 3.8) is 0 Å². The van der Waals surface area contributed by atoms with Crippen LogP contribution < -0.4 is 14.8 Å². The third-order valence-corrected chi connectivity index (χ3v) is 4.54. The first-order chi connectivity index (χ1) is 13.0. The lowest BCUT2D eigenvalue weighted by molar-refractivity contribution is -0.116. The van der Waals surface area contributed by atoms with Crippen LogP contribution in [0.1, 0.15) is 11.3 Å². The summed E-state index contributed by atoms with van der Waals surface area (Å²) in [4.78, 5) is 16.5. The number of carbonyl (C=O) groups is 1. The van der Waals surface area contributed by atoms with Crippen LogP contribution in [-0.4, -0.2) is 29.5 Å². The largest absolute Gasteiger partial charge is 0.493 e. The molecular weight excluding hydrogens is 434 g/mol. The zero-order chi connectivity index (χ0) is 19.4. The highest BCUT2D eigenvalue weighted by Gasteiger charge is 2.10. The number of halogens is 2. The fourth-order valence-electron chi connectivity index (χ4n) is 2.54. The maximum Gasteiger partial charge on any atom is 0.244 e. The van der Waals surface area contributed by atoms with Crippen LogP contribution in [0.2, 0.25) is 5.02 Å². The van der Waals surface area contributed by atoms with Crippen LogP contribution in [0.4, 0.5) is 0 Å². The summed E-state index contributed by atoms with van der Waals surface area (Å²) in [7, 11) is 3.05. The van der Waals surface area contributed by atoms with Gasteiger partial charge in [-0.1, -0.05) is 11.6 Å². The zero-order valence-electron chi connectivity index (χ0n) is 14.7. The molecule has 2 aromatic heterocycles. The molecule has 0 saturated carbocycles. The van der Waals surface area contributed by atoms with Crippen molar-refractivity contribution < 1.29 is 14.3 Å². The number of amides is 1. The quantitative estimate of drug-likeness (QED) is 0.574. The van der Waals surface area contributed by atoms with Gasteiger partial charge in [-0.25, -0.2) is 4.98 Å². The molecular formula is C19H17BrClN3O3. The summed E-state index contributed by atoms with van der Waals surface area (Å²) < 4.78 is 13.3. The number of hydrogen-bond acceptors (Lipinski definition) is 4. The van der Waals surface area contributed by atoms with Crippen molar-refractivity contribution in [3.8, 4) is 11.5 Å². The SMILES string of the molecule is COc1cc(C=CC(=O)NCc2cn3cc(Br)ccc3n2)cc(Cl)c1OC. The Labute approximate surface area is 169 Å². The van der Waals surface area contributed by atoms with E-state index in [0.29, 0.717) is 23.1 Å². The predicted molar refractivity (Wildman–Crippen MR) is 108 cm³/mol. The molecule has 1 amide bonds. The Hall–Kier alpha value is -2.51. The topological polar surface area (TPSA) is 64.9 Å². The first-order valence-electron chi connectivity index (χ1n) is 8.00. The van der Waals surface area contributed by atoms with Crippen LogP contribution in [0.25, 0.3) is 11.7 Å². The maximum atomic E-state index is 12.1. The number of nitrogens with one attached hydrogen (secondary N) is 1. The summed E-state index contributed by atoms with van der Waals surface area (Å²) in [6.45, 7) is 0.329. The summed E-state index contributed by atoms with van der Waals surface area (Å²) >= 11 is 9.58. The number of hydrogen-bond donors (Lipinski definition) is 1. The van der Waals surface area contributed by atoms with Gasteiger partial charge in [0.15, 0.2) is 11.5 Å². The third-order valence-electron chi connectivity index (χ3n) is 3.79. The Bertz CT molecular complexity index is 1020. The second-order valence-corrected chi connectivity index (χ2v) is 6.96. The van der Waals surface area contributed by atoms with E-state index in [1.807, 2.05) is 28.9 Å². The van der Waals surface area contributed by atoms with Crippen molar-refractivity contribution in [1.82, 2.24) is 14.7 Å². The monoisotopic (exact) mass is 449 g/mol. The summed E-state index contributed by atoms with van der Waals surface area (Å²) in [5, 5.41) is 3.22. The van der Waals surface area contributed by atoms with Crippen molar-refractivity contribution in [1.29, 1.82) is 0 Å². The molecule has 0 atom stereocenters. The summed E-state index contributed by atoms with van der Waals surface area (Å²) in [6, 6.07) is 7.26. The normalized spacial score (nSPS) is 11.1. The lowest BCUT2D eigenvalue weighted by Crippen LogP contribution is -2.20. The summed E-state index contributed by atoms with van der Waals surface area (Å²) in [5.41, 5.74) is 2.31. The first-order valence-corrected chi connectivity index (χ1v) is 9.18. The second kappa shape index (κ2) is 8.45. The molecule has 1 N–H and O–H groups in total. The molecule has 0 aliphatic carbocycles. The Morgan fingerprint density at radius 1 is 1.30 bits per heavy atom. The van der Waals surface area contributed by atoms with Gasteiger partial charge in [-0.2, -0.15) is 0 Å². The molecule has 6 nitrogen and oxygen atoms in total. The first kappa shape index (κ1) is 19.3. The number of nitrogens with zero attached hydrogens (tertiary/aromatic N) is 2. The molecule has 8 heteroatoms. The Kier molecular flexibility index (Phi) is 6.03. The summed E-state index contributed by atoms with van der Waals surface area (Å²) in [5.74, 6) is 0.722. The van der Waals surface area contributed by atoms with Crippen molar-refractivity contribution in [2.24, 2.45) is 0 Å². The Morgan fingerprint density at radius 3 is 2.85 bits per heavy atom. The molecule has 0 bridgehead atoms. The molecule has 3 rings (SSSR count). The summed E-state index contributed by atoms with van der Waals surface area (Å²) in [6.07, 6.45) is 6.88. The maximum absolute atomic E-state index is 12.1. The molecule has 0 aliphatic rings.